The van der Waals surface area contributed by atoms with Crippen molar-refractivity contribution in [3.8, 4) is 22.3 Å². The van der Waals surface area contributed by atoms with Gasteiger partial charge in [0.2, 0.25) is 0 Å². The molecule has 2 heteroatoms. The third-order valence-electron chi connectivity index (χ3n) is 3.25. The van der Waals surface area contributed by atoms with Crippen LogP contribution in [-0.4, -0.2) is 0 Å². The van der Waals surface area contributed by atoms with Gasteiger partial charge in [-0.1, -0.05) is 54.6 Å². The molecule has 0 radical (unpaired) electrons. The van der Waals surface area contributed by atoms with E-state index in [0.717, 1.165) is 16.7 Å². The molecular formula is C18H12F2. The Bertz CT molecular complexity index is 730. The van der Waals surface area contributed by atoms with Gasteiger partial charge >= 0.3 is 0 Å². The van der Waals surface area contributed by atoms with Gasteiger partial charge in [0, 0.05) is 5.56 Å². The lowest BCUT2D eigenvalue weighted by Crippen LogP contribution is -1.88. The van der Waals surface area contributed by atoms with E-state index in [1.807, 2.05) is 24.3 Å². The van der Waals surface area contributed by atoms with E-state index in [1.165, 1.54) is 18.2 Å². The smallest absolute Gasteiger partial charge is 0.131 e. The summed E-state index contributed by atoms with van der Waals surface area (Å²) in [4.78, 5) is 0. The molecule has 0 spiro atoms. The Hall–Kier alpha value is -2.48. The average molecular weight is 266 g/mol. The first kappa shape index (κ1) is 12.5. The van der Waals surface area contributed by atoms with Crippen molar-refractivity contribution in [3.63, 3.8) is 0 Å². The van der Waals surface area contributed by atoms with Gasteiger partial charge in [0.25, 0.3) is 0 Å². The maximum Gasteiger partial charge on any atom is 0.131 e. The van der Waals surface area contributed by atoms with Crippen LogP contribution >= 0.6 is 0 Å². The highest BCUT2D eigenvalue weighted by molar-refractivity contribution is 5.83. The van der Waals surface area contributed by atoms with Gasteiger partial charge in [0.05, 0.1) is 0 Å². The van der Waals surface area contributed by atoms with E-state index in [9.17, 15) is 8.78 Å². The van der Waals surface area contributed by atoms with Crippen LogP contribution in [0.25, 0.3) is 22.3 Å². The van der Waals surface area contributed by atoms with Crippen molar-refractivity contribution in [1.82, 2.24) is 0 Å². The van der Waals surface area contributed by atoms with Crippen LogP contribution in [0, 0.1) is 11.6 Å². The Labute approximate surface area is 116 Å². The second-order valence-electron chi connectivity index (χ2n) is 4.53. The van der Waals surface area contributed by atoms with Crippen LogP contribution in [0.4, 0.5) is 8.78 Å². The van der Waals surface area contributed by atoms with Crippen LogP contribution in [0.15, 0.2) is 72.8 Å². The summed E-state index contributed by atoms with van der Waals surface area (Å²) in [6.07, 6.45) is 0. The van der Waals surface area contributed by atoms with E-state index in [1.54, 1.807) is 30.3 Å². The molecule has 0 amide bonds. The molecule has 3 aromatic carbocycles. The molecule has 3 rings (SSSR count). The number of hydrogen-bond acceptors (Lipinski definition) is 0. The van der Waals surface area contributed by atoms with Crippen molar-refractivity contribution >= 4 is 0 Å². The van der Waals surface area contributed by atoms with Gasteiger partial charge in [-0.15, -0.1) is 0 Å². The quantitative estimate of drug-likeness (QED) is 0.590. The molecule has 98 valence electrons. The number of rotatable bonds is 2. The maximum atomic E-state index is 14.0. The van der Waals surface area contributed by atoms with E-state index >= 15 is 0 Å². The number of benzene rings is 3. The molecule has 0 unspecified atom stereocenters. The van der Waals surface area contributed by atoms with Crippen LogP contribution in [0.5, 0.6) is 0 Å². The molecule has 0 aliphatic rings. The molecule has 0 bridgehead atoms. The fourth-order valence-electron chi connectivity index (χ4n) is 2.28. The third kappa shape index (κ3) is 2.32. The molecule has 0 atom stereocenters. The van der Waals surface area contributed by atoms with E-state index < -0.39 is 0 Å². The van der Waals surface area contributed by atoms with E-state index in [0.29, 0.717) is 5.56 Å². The van der Waals surface area contributed by atoms with Crippen LogP contribution in [0.1, 0.15) is 0 Å². The molecule has 0 fully saturated rings. The van der Waals surface area contributed by atoms with Gasteiger partial charge in [0.15, 0.2) is 0 Å². The molecule has 0 heterocycles. The van der Waals surface area contributed by atoms with Gasteiger partial charge in [-0.25, -0.2) is 8.78 Å². The molecule has 0 nitrogen and oxygen atoms in total. The zero-order chi connectivity index (χ0) is 13.9. The molecule has 0 aliphatic carbocycles. The van der Waals surface area contributed by atoms with Crippen molar-refractivity contribution in [2.24, 2.45) is 0 Å². The standard InChI is InChI=1S/C18H12F2/c19-14-11-9-13(10-12-14)15-5-1-2-6-16(15)17-7-3-4-8-18(17)20/h1-12H. The predicted octanol–water partition coefficient (Wildman–Crippen LogP) is 5.30. The van der Waals surface area contributed by atoms with E-state index in [2.05, 4.69) is 0 Å². The second kappa shape index (κ2) is 5.25. The minimum atomic E-state index is -0.280. The van der Waals surface area contributed by atoms with Gasteiger partial charge < -0.3 is 0 Å². The largest absolute Gasteiger partial charge is 0.207 e. The van der Waals surface area contributed by atoms with Crippen molar-refractivity contribution < 1.29 is 8.78 Å². The monoisotopic (exact) mass is 266 g/mol. The Morgan fingerprint density at radius 2 is 1.05 bits per heavy atom. The molecule has 0 saturated heterocycles. The van der Waals surface area contributed by atoms with Crippen LogP contribution < -0.4 is 0 Å². The summed E-state index contributed by atoms with van der Waals surface area (Å²) < 4.78 is 27.0. The molecule has 3 aromatic rings. The highest BCUT2D eigenvalue weighted by Crippen LogP contribution is 2.33. The molecule has 20 heavy (non-hydrogen) atoms. The average Bonchev–Trinajstić information content (AvgIpc) is 2.49. The maximum absolute atomic E-state index is 14.0. The summed E-state index contributed by atoms with van der Waals surface area (Å²) in [7, 11) is 0. The summed E-state index contributed by atoms with van der Waals surface area (Å²) in [5.74, 6) is -0.542. The lowest BCUT2D eigenvalue weighted by molar-refractivity contribution is 0.628. The zero-order valence-electron chi connectivity index (χ0n) is 10.7. The summed E-state index contributed by atoms with van der Waals surface area (Å²) in [5.41, 5.74) is 3.10. The van der Waals surface area contributed by atoms with Crippen molar-refractivity contribution in [1.29, 1.82) is 0 Å². The SMILES string of the molecule is Fc1ccc(-c2ccccc2-c2ccccc2F)cc1. The lowest BCUT2D eigenvalue weighted by atomic mass is 9.94. The highest BCUT2D eigenvalue weighted by atomic mass is 19.1. The summed E-state index contributed by atoms with van der Waals surface area (Å²) >= 11 is 0. The molecule has 0 aliphatic heterocycles. The number of halogens is 2. The molecular weight excluding hydrogens is 254 g/mol. The van der Waals surface area contributed by atoms with E-state index in [4.69, 9.17) is 0 Å². The zero-order valence-corrected chi connectivity index (χ0v) is 10.7. The van der Waals surface area contributed by atoms with Gasteiger partial charge in [-0.3, -0.25) is 0 Å². The fourth-order valence-corrected chi connectivity index (χ4v) is 2.28. The highest BCUT2D eigenvalue weighted by Gasteiger charge is 2.10. The first-order valence-electron chi connectivity index (χ1n) is 6.35. The van der Waals surface area contributed by atoms with Crippen molar-refractivity contribution in [2.75, 3.05) is 0 Å². The van der Waals surface area contributed by atoms with Gasteiger partial charge in [0.1, 0.15) is 11.6 Å². The Morgan fingerprint density at radius 3 is 1.70 bits per heavy atom. The fraction of sp³-hybridized carbons (Fsp3) is 0. The Kier molecular flexibility index (Phi) is 3.30. The lowest BCUT2D eigenvalue weighted by Gasteiger charge is -2.10. The van der Waals surface area contributed by atoms with Gasteiger partial charge in [-0.05, 0) is 34.9 Å². The second-order valence-corrected chi connectivity index (χ2v) is 4.53. The molecule has 0 N–H and O–H groups in total. The normalized spacial score (nSPS) is 10.5. The third-order valence-corrected chi connectivity index (χ3v) is 3.25. The number of hydrogen-bond donors (Lipinski definition) is 0. The minimum Gasteiger partial charge on any atom is -0.207 e. The van der Waals surface area contributed by atoms with Crippen molar-refractivity contribution in [3.05, 3.63) is 84.4 Å². The topological polar surface area (TPSA) is 0 Å². The first-order valence-corrected chi connectivity index (χ1v) is 6.35. The summed E-state index contributed by atoms with van der Waals surface area (Å²) in [5, 5.41) is 0. The van der Waals surface area contributed by atoms with Crippen LogP contribution in [0.2, 0.25) is 0 Å². The molecule has 0 aromatic heterocycles. The predicted molar refractivity (Wildman–Crippen MR) is 77.2 cm³/mol. The summed E-state index contributed by atoms with van der Waals surface area (Å²) in [6.45, 7) is 0. The molecule has 0 saturated carbocycles. The minimum absolute atomic E-state index is 0.262. The first-order chi connectivity index (χ1) is 9.75. The Balaban J connectivity index is 2.19. The van der Waals surface area contributed by atoms with E-state index in [-0.39, 0.29) is 11.6 Å². The summed E-state index contributed by atoms with van der Waals surface area (Å²) in [6, 6.07) is 20.4. The van der Waals surface area contributed by atoms with Gasteiger partial charge in [-0.2, -0.15) is 0 Å². The van der Waals surface area contributed by atoms with Crippen LogP contribution in [-0.2, 0) is 0 Å². The Morgan fingerprint density at radius 1 is 0.500 bits per heavy atom. The van der Waals surface area contributed by atoms with Crippen LogP contribution in [0.3, 0.4) is 0 Å². The van der Waals surface area contributed by atoms with Crippen molar-refractivity contribution in [2.45, 2.75) is 0 Å².